The molecule has 2 aromatic carbocycles. The molecule has 1 aliphatic rings. The maximum atomic E-state index is 11.2. The van der Waals surface area contributed by atoms with Crippen LogP contribution in [0.15, 0.2) is 36.4 Å². The van der Waals surface area contributed by atoms with Crippen LogP contribution in [0.2, 0.25) is 5.02 Å². The van der Waals surface area contributed by atoms with Crippen molar-refractivity contribution in [3.05, 3.63) is 47.0 Å². The largest absolute Gasteiger partial charge is 0.504 e. The molecule has 0 spiro atoms. The van der Waals surface area contributed by atoms with E-state index in [0.717, 1.165) is 16.5 Å². The molecule has 0 atom stereocenters. The lowest BCUT2D eigenvalue weighted by Crippen LogP contribution is -2.37. The third-order valence-electron chi connectivity index (χ3n) is 5.27. The summed E-state index contributed by atoms with van der Waals surface area (Å²) in [6, 6.07) is 9.99. The fourth-order valence-corrected chi connectivity index (χ4v) is 3.73. The predicted molar refractivity (Wildman–Crippen MR) is 114 cm³/mol. The number of carboxylic acids is 1. The van der Waals surface area contributed by atoms with Crippen molar-refractivity contribution in [2.75, 3.05) is 23.3 Å². The molecule has 0 saturated carbocycles. The van der Waals surface area contributed by atoms with E-state index in [-0.39, 0.29) is 17.4 Å². The average molecular weight is 429 g/mol. The Hall–Kier alpha value is -3.26. The molecule has 1 saturated heterocycles. The first kappa shape index (κ1) is 20.0. The molecule has 0 radical (unpaired) electrons. The monoisotopic (exact) mass is 428 g/mol. The number of aromatic nitrogens is 2. The van der Waals surface area contributed by atoms with Crippen LogP contribution in [0, 0.1) is 5.92 Å². The number of piperidine rings is 1. The number of nitrogens with zero attached hydrogens (tertiary/aromatic N) is 3. The minimum absolute atomic E-state index is 0.176. The Morgan fingerprint density at radius 3 is 2.57 bits per heavy atom. The van der Waals surface area contributed by atoms with E-state index >= 15 is 0 Å². The topological polar surface area (TPSA) is 119 Å². The molecule has 4 rings (SSSR count). The standard InChI is InChI=1S/C21H21ClN4O4/c22-14-2-3-16-15(10-14)19(23-11-12-1-4-17(27)18(28)9-12)25-21(24-16)26-7-5-13(6-8-26)20(29)30/h1-4,9-10,13,27-28H,5-8,11H2,(H,29,30)(H,23,24,25). The molecule has 3 aromatic rings. The zero-order valence-corrected chi connectivity index (χ0v) is 16.8. The fraction of sp³-hybridized carbons (Fsp3) is 0.286. The van der Waals surface area contributed by atoms with Crippen LogP contribution in [0.3, 0.4) is 0 Å². The summed E-state index contributed by atoms with van der Waals surface area (Å²) in [5, 5.41) is 33.0. The zero-order valence-electron chi connectivity index (χ0n) is 16.0. The molecule has 1 aromatic heterocycles. The molecule has 0 amide bonds. The molecule has 2 heterocycles. The summed E-state index contributed by atoms with van der Waals surface area (Å²) < 4.78 is 0. The predicted octanol–water partition coefficient (Wildman–Crippen LogP) is 3.61. The molecule has 156 valence electrons. The van der Waals surface area contributed by atoms with E-state index < -0.39 is 5.97 Å². The van der Waals surface area contributed by atoms with Crippen LogP contribution in [0.4, 0.5) is 11.8 Å². The van der Waals surface area contributed by atoms with E-state index in [1.165, 1.54) is 12.1 Å². The molecule has 30 heavy (non-hydrogen) atoms. The Bertz CT molecular complexity index is 1100. The van der Waals surface area contributed by atoms with E-state index in [9.17, 15) is 20.1 Å². The van der Waals surface area contributed by atoms with E-state index in [2.05, 4.69) is 15.3 Å². The second-order valence-corrected chi connectivity index (χ2v) is 7.75. The Morgan fingerprint density at radius 2 is 1.87 bits per heavy atom. The third-order valence-corrected chi connectivity index (χ3v) is 5.51. The van der Waals surface area contributed by atoms with Crippen molar-refractivity contribution in [2.45, 2.75) is 19.4 Å². The quantitative estimate of drug-likeness (QED) is 0.455. The number of halogens is 1. The van der Waals surface area contributed by atoms with Gasteiger partial charge in [0.1, 0.15) is 5.82 Å². The van der Waals surface area contributed by atoms with Gasteiger partial charge in [0, 0.05) is 30.0 Å². The van der Waals surface area contributed by atoms with Gasteiger partial charge in [-0.15, -0.1) is 0 Å². The average Bonchev–Trinajstić information content (AvgIpc) is 2.74. The minimum Gasteiger partial charge on any atom is -0.504 e. The molecule has 8 nitrogen and oxygen atoms in total. The first-order valence-corrected chi connectivity index (χ1v) is 9.98. The number of nitrogens with one attached hydrogen (secondary N) is 1. The van der Waals surface area contributed by atoms with Gasteiger partial charge in [0.2, 0.25) is 5.95 Å². The van der Waals surface area contributed by atoms with E-state index in [1.54, 1.807) is 18.2 Å². The maximum absolute atomic E-state index is 11.2. The molecule has 1 aliphatic heterocycles. The van der Waals surface area contributed by atoms with Crippen LogP contribution in [0.25, 0.3) is 10.9 Å². The lowest BCUT2D eigenvalue weighted by molar-refractivity contribution is -0.142. The number of rotatable bonds is 5. The molecule has 0 aliphatic carbocycles. The van der Waals surface area contributed by atoms with Crippen molar-refractivity contribution in [1.29, 1.82) is 0 Å². The lowest BCUT2D eigenvalue weighted by atomic mass is 9.97. The Labute approximate surface area is 177 Å². The van der Waals surface area contributed by atoms with Gasteiger partial charge in [-0.25, -0.2) is 4.98 Å². The Kier molecular flexibility index (Phi) is 5.50. The molecule has 0 bridgehead atoms. The lowest BCUT2D eigenvalue weighted by Gasteiger charge is -2.30. The van der Waals surface area contributed by atoms with Crippen LogP contribution in [0.5, 0.6) is 11.5 Å². The smallest absolute Gasteiger partial charge is 0.306 e. The van der Waals surface area contributed by atoms with Gasteiger partial charge in [-0.3, -0.25) is 4.79 Å². The van der Waals surface area contributed by atoms with Crippen molar-refractivity contribution in [1.82, 2.24) is 9.97 Å². The van der Waals surface area contributed by atoms with E-state index in [1.807, 2.05) is 11.0 Å². The summed E-state index contributed by atoms with van der Waals surface area (Å²) in [4.78, 5) is 22.5. The molecule has 9 heteroatoms. The Morgan fingerprint density at radius 1 is 1.10 bits per heavy atom. The maximum Gasteiger partial charge on any atom is 0.306 e. The number of carbonyl (C=O) groups is 1. The number of benzene rings is 2. The van der Waals surface area contributed by atoms with Gasteiger partial charge in [0.05, 0.1) is 11.4 Å². The van der Waals surface area contributed by atoms with E-state index in [0.29, 0.717) is 49.3 Å². The SMILES string of the molecule is O=C(O)C1CCN(c2nc(NCc3ccc(O)c(O)c3)c3cc(Cl)ccc3n2)CC1. The van der Waals surface area contributed by atoms with Crippen LogP contribution in [0.1, 0.15) is 18.4 Å². The van der Waals surface area contributed by atoms with Gasteiger partial charge in [-0.2, -0.15) is 4.98 Å². The van der Waals surface area contributed by atoms with Crippen LogP contribution in [-0.2, 0) is 11.3 Å². The zero-order chi connectivity index (χ0) is 21.3. The number of fused-ring (bicyclic) bond motifs is 1. The molecule has 4 N–H and O–H groups in total. The summed E-state index contributed by atoms with van der Waals surface area (Å²) in [7, 11) is 0. The fourth-order valence-electron chi connectivity index (χ4n) is 3.56. The normalized spacial score (nSPS) is 14.8. The minimum atomic E-state index is -0.761. The summed E-state index contributed by atoms with van der Waals surface area (Å²) in [6.07, 6.45) is 1.10. The first-order valence-electron chi connectivity index (χ1n) is 9.60. The summed E-state index contributed by atoms with van der Waals surface area (Å²) in [6.45, 7) is 1.51. The van der Waals surface area contributed by atoms with Gasteiger partial charge < -0.3 is 25.5 Å². The number of hydrogen-bond donors (Lipinski definition) is 4. The van der Waals surface area contributed by atoms with Gasteiger partial charge in [0.25, 0.3) is 0 Å². The number of hydrogen-bond acceptors (Lipinski definition) is 7. The third kappa shape index (κ3) is 4.18. The Balaban J connectivity index is 1.62. The van der Waals surface area contributed by atoms with Gasteiger partial charge in [0.15, 0.2) is 11.5 Å². The highest BCUT2D eigenvalue weighted by Gasteiger charge is 2.26. The highest BCUT2D eigenvalue weighted by atomic mass is 35.5. The van der Waals surface area contributed by atoms with Gasteiger partial charge in [-0.1, -0.05) is 17.7 Å². The number of aromatic hydroxyl groups is 2. The number of phenolic OH excluding ortho intramolecular Hbond substituents is 2. The highest BCUT2D eigenvalue weighted by Crippen LogP contribution is 2.30. The molecule has 0 unspecified atom stereocenters. The van der Waals surface area contributed by atoms with Crippen LogP contribution < -0.4 is 10.2 Å². The van der Waals surface area contributed by atoms with Crippen LogP contribution in [-0.4, -0.2) is 44.3 Å². The number of anilines is 2. The van der Waals surface area contributed by atoms with Crippen molar-refractivity contribution in [2.24, 2.45) is 5.92 Å². The highest BCUT2D eigenvalue weighted by molar-refractivity contribution is 6.31. The number of carboxylic acid groups (broad SMARTS) is 1. The van der Waals surface area contributed by atoms with Crippen molar-refractivity contribution in [3.63, 3.8) is 0 Å². The second-order valence-electron chi connectivity index (χ2n) is 7.31. The summed E-state index contributed by atoms with van der Waals surface area (Å²) >= 11 is 6.17. The summed E-state index contributed by atoms with van der Waals surface area (Å²) in [5.74, 6) is -0.337. The van der Waals surface area contributed by atoms with Gasteiger partial charge in [-0.05, 0) is 48.7 Å². The molecular weight excluding hydrogens is 408 g/mol. The van der Waals surface area contributed by atoms with Gasteiger partial charge >= 0.3 is 5.97 Å². The summed E-state index contributed by atoms with van der Waals surface area (Å²) in [5.41, 5.74) is 1.49. The van der Waals surface area contributed by atoms with Crippen LogP contribution >= 0.6 is 11.6 Å². The number of phenols is 2. The number of aliphatic carboxylic acids is 1. The van der Waals surface area contributed by atoms with Crippen molar-refractivity contribution in [3.8, 4) is 11.5 Å². The van der Waals surface area contributed by atoms with Crippen molar-refractivity contribution < 1.29 is 20.1 Å². The van der Waals surface area contributed by atoms with E-state index in [4.69, 9.17) is 11.6 Å². The first-order chi connectivity index (χ1) is 14.4. The molecular formula is C21H21ClN4O4. The van der Waals surface area contributed by atoms with Crippen molar-refractivity contribution >= 4 is 40.2 Å². The second kappa shape index (κ2) is 8.23. The molecule has 1 fully saturated rings.